The summed E-state index contributed by atoms with van der Waals surface area (Å²) in [6.07, 6.45) is 0.670. The fraction of sp³-hybridized carbons (Fsp3) is 0.318. The first kappa shape index (κ1) is 25.9. The summed E-state index contributed by atoms with van der Waals surface area (Å²) < 4.78 is 16.9. The maximum atomic E-state index is 13.3. The number of carboxylic acids is 1. The minimum absolute atomic E-state index is 0.0228. The van der Waals surface area contributed by atoms with Crippen LogP contribution < -0.4 is 25.9 Å². The Balaban J connectivity index is 1.56. The second-order valence-corrected chi connectivity index (χ2v) is 10.3. The number of nitrogens with one attached hydrogen (secondary N) is 3. The summed E-state index contributed by atoms with van der Waals surface area (Å²) in [7, 11) is -6.05. The highest BCUT2D eigenvalue weighted by Crippen LogP contribution is 2.33. The number of carbonyl (C=O) groups excluding carboxylic acids is 2. The van der Waals surface area contributed by atoms with Crippen molar-refractivity contribution in [3.05, 3.63) is 59.2 Å². The van der Waals surface area contributed by atoms with E-state index >= 15 is 0 Å². The van der Waals surface area contributed by atoms with E-state index in [1.54, 1.807) is 6.07 Å². The number of aromatic carboxylic acids is 1. The number of carbonyl (C=O) groups is 3. The number of carboxylic acid groups (broad SMARTS) is 1. The highest BCUT2D eigenvalue weighted by Gasteiger charge is 2.39. The number of hydrogen-bond donors (Lipinski definition) is 7. The van der Waals surface area contributed by atoms with Crippen molar-refractivity contribution in [2.24, 2.45) is 5.92 Å². The van der Waals surface area contributed by atoms with Gasteiger partial charge in [0.25, 0.3) is 0 Å². The molecule has 3 atom stereocenters. The molecule has 36 heavy (non-hydrogen) atoms. The fourth-order valence-electron chi connectivity index (χ4n) is 4.28. The lowest BCUT2D eigenvalue weighted by molar-refractivity contribution is -0.131. The third kappa shape index (κ3) is 5.61. The summed E-state index contributed by atoms with van der Waals surface area (Å²) >= 11 is 0. The zero-order valence-electron chi connectivity index (χ0n) is 19.0. The average Bonchev–Trinajstić information content (AvgIpc) is 3.37. The standard InChI is InChI=1S/C22H25BN3O9P/c27-20(14-8-9-24-11-14)26-18(12-4-6-15(7-5-12)36(32,33)34)21(28)25-17-10-13-2-1-3-16(22(29)30)19(13)35-23(17)31/h1-7,14,17-18,24,31H,8-11H2,(H,25,28)(H,26,27)(H,29,30)(H2,32,33,34)/t14-,17+,18?/m1/s1. The number of benzene rings is 2. The monoisotopic (exact) mass is 517 g/mol. The number of para-hydroxylation sites is 1. The highest BCUT2D eigenvalue weighted by atomic mass is 31.2. The van der Waals surface area contributed by atoms with E-state index in [1.165, 1.54) is 36.4 Å². The number of rotatable bonds is 7. The van der Waals surface area contributed by atoms with Crippen LogP contribution in [0.4, 0.5) is 0 Å². The zero-order valence-corrected chi connectivity index (χ0v) is 19.9. The summed E-state index contributed by atoms with van der Waals surface area (Å²) in [4.78, 5) is 56.3. The van der Waals surface area contributed by atoms with Gasteiger partial charge < -0.3 is 40.5 Å². The van der Waals surface area contributed by atoms with Crippen LogP contribution in [0.3, 0.4) is 0 Å². The van der Waals surface area contributed by atoms with E-state index in [0.29, 0.717) is 25.1 Å². The van der Waals surface area contributed by atoms with Gasteiger partial charge in [0.1, 0.15) is 11.8 Å². The first-order valence-electron chi connectivity index (χ1n) is 11.2. The third-order valence-electron chi connectivity index (χ3n) is 6.22. The van der Waals surface area contributed by atoms with E-state index in [1.807, 2.05) is 0 Å². The molecule has 2 aliphatic rings. The van der Waals surface area contributed by atoms with Crippen molar-refractivity contribution in [3.63, 3.8) is 0 Å². The van der Waals surface area contributed by atoms with Gasteiger partial charge in [-0.05, 0) is 48.7 Å². The van der Waals surface area contributed by atoms with Crippen molar-refractivity contribution in [1.82, 2.24) is 16.0 Å². The predicted molar refractivity (Wildman–Crippen MR) is 128 cm³/mol. The van der Waals surface area contributed by atoms with Crippen molar-refractivity contribution in [3.8, 4) is 5.75 Å². The average molecular weight is 517 g/mol. The van der Waals surface area contributed by atoms with E-state index in [4.69, 9.17) is 4.65 Å². The lowest BCUT2D eigenvalue weighted by Crippen LogP contribution is -2.55. The van der Waals surface area contributed by atoms with Gasteiger partial charge in [0.15, 0.2) is 0 Å². The first-order valence-corrected chi connectivity index (χ1v) is 12.8. The number of amides is 2. The van der Waals surface area contributed by atoms with E-state index in [2.05, 4.69) is 16.0 Å². The fourth-order valence-corrected chi connectivity index (χ4v) is 4.82. The Labute approximate surface area is 206 Å². The van der Waals surface area contributed by atoms with Gasteiger partial charge >= 0.3 is 20.7 Å². The third-order valence-corrected chi connectivity index (χ3v) is 7.19. The van der Waals surface area contributed by atoms with Gasteiger partial charge in [-0.25, -0.2) is 4.79 Å². The van der Waals surface area contributed by atoms with Crippen molar-refractivity contribution < 1.29 is 43.5 Å². The Bertz CT molecular complexity index is 1210. The molecule has 0 aliphatic carbocycles. The Morgan fingerprint density at radius 2 is 1.86 bits per heavy atom. The van der Waals surface area contributed by atoms with Gasteiger partial charge in [-0.15, -0.1) is 0 Å². The van der Waals surface area contributed by atoms with Crippen molar-refractivity contribution in [2.45, 2.75) is 24.8 Å². The molecule has 2 aromatic carbocycles. The number of hydrogen-bond acceptors (Lipinski definition) is 7. The Morgan fingerprint density at radius 1 is 1.14 bits per heavy atom. The molecule has 1 saturated heterocycles. The molecular weight excluding hydrogens is 492 g/mol. The topological polar surface area (TPSA) is 195 Å². The van der Waals surface area contributed by atoms with Crippen LogP contribution in [0.5, 0.6) is 5.75 Å². The molecule has 0 spiro atoms. The maximum Gasteiger partial charge on any atom is 0.547 e. The minimum atomic E-state index is -4.50. The number of fused-ring (bicyclic) bond motifs is 1. The summed E-state index contributed by atoms with van der Waals surface area (Å²) in [6.45, 7) is 1.12. The van der Waals surface area contributed by atoms with Gasteiger partial charge in [0.05, 0.1) is 22.7 Å². The summed E-state index contributed by atoms with van der Waals surface area (Å²) in [5.41, 5.74) is 0.648. The van der Waals surface area contributed by atoms with Crippen LogP contribution in [0.15, 0.2) is 42.5 Å². The molecule has 1 fully saturated rings. The van der Waals surface area contributed by atoms with Crippen LogP contribution in [0.2, 0.25) is 0 Å². The first-order chi connectivity index (χ1) is 17.0. The lowest BCUT2D eigenvalue weighted by atomic mass is 9.72. The van der Waals surface area contributed by atoms with E-state index < -0.39 is 38.6 Å². The largest absolute Gasteiger partial charge is 0.547 e. The quantitative estimate of drug-likeness (QED) is 0.179. The Hall–Kier alpha value is -3.22. The van der Waals surface area contributed by atoms with E-state index in [-0.39, 0.29) is 40.4 Å². The molecule has 4 rings (SSSR count). The molecule has 0 aromatic heterocycles. The Morgan fingerprint density at radius 3 is 2.47 bits per heavy atom. The van der Waals surface area contributed by atoms with Crippen LogP contribution >= 0.6 is 7.60 Å². The molecule has 2 amide bonds. The van der Waals surface area contributed by atoms with Crippen LogP contribution in [-0.4, -0.2) is 63.9 Å². The van der Waals surface area contributed by atoms with Gasteiger partial charge in [-0.1, -0.05) is 24.3 Å². The van der Waals surface area contributed by atoms with Gasteiger partial charge in [-0.2, -0.15) is 0 Å². The molecule has 0 radical (unpaired) electrons. The summed E-state index contributed by atoms with van der Waals surface area (Å²) in [6, 6.07) is 8.33. The van der Waals surface area contributed by atoms with Crippen molar-refractivity contribution in [2.75, 3.05) is 13.1 Å². The Kier molecular flexibility index (Phi) is 7.48. The van der Waals surface area contributed by atoms with E-state index in [9.17, 15) is 38.9 Å². The molecule has 0 saturated carbocycles. The van der Waals surface area contributed by atoms with Crippen LogP contribution in [0, 0.1) is 5.92 Å². The molecule has 1 unspecified atom stereocenters. The van der Waals surface area contributed by atoms with Gasteiger partial charge in [0.2, 0.25) is 11.8 Å². The smallest absolute Gasteiger partial charge is 0.534 e. The highest BCUT2D eigenvalue weighted by molar-refractivity contribution is 7.60. The molecule has 7 N–H and O–H groups in total. The van der Waals surface area contributed by atoms with Gasteiger partial charge in [-0.3, -0.25) is 14.2 Å². The molecule has 2 aromatic rings. The normalized spacial score (nSPS) is 20.1. The van der Waals surface area contributed by atoms with Crippen LogP contribution in [0.1, 0.15) is 33.9 Å². The second-order valence-electron chi connectivity index (χ2n) is 8.69. The molecule has 12 nitrogen and oxygen atoms in total. The molecule has 190 valence electrons. The molecular formula is C22H25BN3O9P. The summed E-state index contributed by atoms with van der Waals surface area (Å²) in [5, 5.41) is 28.0. The molecule has 2 heterocycles. The van der Waals surface area contributed by atoms with Crippen molar-refractivity contribution in [1.29, 1.82) is 0 Å². The second kappa shape index (κ2) is 10.4. The predicted octanol–water partition coefficient (Wildman–Crippen LogP) is -0.906. The minimum Gasteiger partial charge on any atom is -0.534 e. The lowest BCUT2D eigenvalue weighted by Gasteiger charge is -2.30. The van der Waals surface area contributed by atoms with E-state index in [0.717, 1.165) is 0 Å². The SMILES string of the molecule is O=C(O)c1cccc2c1OB(O)[C@@H](NC(=O)C(NC(=O)[C@@H]1CCNC1)c1ccc(P(=O)(O)O)cc1)C2. The van der Waals surface area contributed by atoms with Crippen molar-refractivity contribution >= 4 is 37.8 Å². The summed E-state index contributed by atoms with van der Waals surface area (Å²) in [5.74, 6) is -3.53. The van der Waals surface area contributed by atoms with Crippen LogP contribution in [0.25, 0.3) is 0 Å². The van der Waals surface area contributed by atoms with Gasteiger partial charge in [0, 0.05) is 6.54 Å². The molecule has 0 bridgehead atoms. The molecule has 14 heteroatoms. The molecule has 2 aliphatic heterocycles. The maximum absolute atomic E-state index is 13.3. The van der Waals surface area contributed by atoms with Crippen LogP contribution in [-0.2, 0) is 20.6 Å². The zero-order chi connectivity index (χ0) is 26.0.